The van der Waals surface area contributed by atoms with Gasteiger partial charge in [0.1, 0.15) is 5.75 Å². The molecule has 0 spiro atoms. The molecular weight excluding hydrogens is 310 g/mol. The average molecular weight is 328 g/mol. The lowest BCUT2D eigenvalue weighted by atomic mass is 10.1. The van der Waals surface area contributed by atoms with E-state index in [0.717, 1.165) is 4.47 Å². The van der Waals surface area contributed by atoms with Gasteiger partial charge in [-0.15, -0.1) is 0 Å². The van der Waals surface area contributed by atoms with Gasteiger partial charge in [0.25, 0.3) is 5.91 Å². The van der Waals surface area contributed by atoms with Crippen LogP contribution in [0.2, 0.25) is 0 Å². The van der Waals surface area contributed by atoms with Crippen molar-refractivity contribution in [1.29, 1.82) is 0 Å². The standard InChI is InChI=1S/C14H18BrNO3/c1-9-8-19-10(2)7-16(9)14(17)12-6-11(18-3)4-5-13(12)15/h4-6,9-10H,7-8H2,1-3H3/t9-,10-/m1/s1. The van der Waals surface area contributed by atoms with E-state index in [-0.39, 0.29) is 18.1 Å². The fraction of sp³-hybridized carbons (Fsp3) is 0.500. The summed E-state index contributed by atoms with van der Waals surface area (Å²) in [6.45, 7) is 5.17. The van der Waals surface area contributed by atoms with Crippen LogP contribution in [0.1, 0.15) is 24.2 Å². The van der Waals surface area contributed by atoms with Crippen LogP contribution < -0.4 is 4.74 Å². The summed E-state index contributed by atoms with van der Waals surface area (Å²) in [5.41, 5.74) is 0.625. The maximum atomic E-state index is 12.6. The normalized spacial score (nSPS) is 23.3. The van der Waals surface area contributed by atoms with E-state index >= 15 is 0 Å². The van der Waals surface area contributed by atoms with Crippen LogP contribution in [-0.2, 0) is 4.74 Å². The quantitative estimate of drug-likeness (QED) is 0.838. The average Bonchev–Trinajstić information content (AvgIpc) is 2.41. The lowest BCUT2D eigenvalue weighted by Gasteiger charge is -2.37. The Morgan fingerprint density at radius 3 is 2.89 bits per heavy atom. The molecular formula is C14H18BrNO3. The summed E-state index contributed by atoms with van der Waals surface area (Å²) in [5.74, 6) is 0.689. The van der Waals surface area contributed by atoms with E-state index in [4.69, 9.17) is 9.47 Å². The molecule has 0 unspecified atom stereocenters. The second kappa shape index (κ2) is 5.92. The van der Waals surface area contributed by atoms with Crippen LogP contribution in [0.4, 0.5) is 0 Å². The number of ether oxygens (including phenoxy) is 2. The Labute approximate surface area is 121 Å². The fourth-order valence-electron chi connectivity index (χ4n) is 2.14. The molecule has 0 aromatic heterocycles. The summed E-state index contributed by atoms with van der Waals surface area (Å²) >= 11 is 3.43. The van der Waals surface area contributed by atoms with Crippen LogP contribution >= 0.6 is 15.9 Å². The molecule has 0 saturated carbocycles. The number of morpholine rings is 1. The summed E-state index contributed by atoms with van der Waals surface area (Å²) in [6, 6.07) is 5.51. The number of methoxy groups -OCH3 is 1. The number of hydrogen-bond acceptors (Lipinski definition) is 3. The minimum absolute atomic E-state index is 0.00780. The van der Waals surface area contributed by atoms with E-state index in [2.05, 4.69) is 15.9 Å². The van der Waals surface area contributed by atoms with Crippen molar-refractivity contribution in [3.63, 3.8) is 0 Å². The van der Waals surface area contributed by atoms with Gasteiger partial charge in [0.15, 0.2) is 0 Å². The zero-order valence-electron chi connectivity index (χ0n) is 11.4. The number of benzene rings is 1. The molecule has 1 aromatic rings. The Kier molecular flexibility index (Phi) is 4.47. The van der Waals surface area contributed by atoms with Gasteiger partial charge in [-0.1, -0.05) is 0 Å². The fourth-order valence-corrected chi connectivity index (χ4v) is 2.55. The monoisotopic (exact) mass is 327 g/mol. The van der Waals surface area contributed by atoms with Crippen LogP contribution in [0.3, 0.4) is 0 Å². The molecule has 1 heterocycles. The van der Waals surface area contributed by atoms with E-state index in [1.54, 1.807) is 13.2 Å². The number of rotatable bonds is 2. The molecule has 1 aliphatic rings. The summed E-state index contributed by atoms with van der Waals surface area (Å²) < 4.78 is 11.5. The van der Waals surface area contributed by atoms with Gasteiger partial charge in [0, 0.05) is 11.0 Å². The van der Waals surface area contributed by atoms with Gasteiger partial charge in [-0.25, -0.2) is 0 Å². The summed E-state index contributed by atoms with van der Waals surface area (Å²) in [4.78, 5) is 14.5. The largest absolute Gasteiger partial charge is 0.497 e. The highest BCUT2D eigenvalue weighted by Crippen LogP contribution is 2.25. The Bertz CT molecular complexity index is 478. The highest BCUT2D eigenvalue weighted by atomic mass is 79.9. The van der Waals surface area contributed by atoms with Crippen molar-refractivity contribution < 1.29 is 14.3 Å². The van der Waals surface area contributed by atoms with Crippen LogP contribution in [0.5, 0.6) is 5.75 Å². The molecule has 0 bridgehead atoms. The van der Waals surface area contributed by atoms with Gasteiger partial charge in [-0.3, -0.25) is 4.79 Å². The SMILES string of the molecule is COc1ccc(Br)c(C(=O)N2C[C@@H](C)OC[C@H]2C)c1. The van der Waals surface area contributed by atoms with Gasteiger partial charge in [-0.05, 0) is 48.0 Å². The van der Waals surface area contributed by atoms with Crippen molar-refractivity contribution in [2.24, 2.45) is 0 Å². The van der Waals surface area contributed by atoms with Crippen molar-refractivity contribution in [1.82, 2.24) is 4.90 Å². The Morgan fingerprint density at radius 1 is 1.47 bits per heavy atom. The molecule has 19 heavy (non-hydrogen) atoms. The number of carbonyl (C=O) groups excluding carboxylic acids is 1. The smallest absolute Gasteiger partial charge is 0.255 e. The molecule has 1 fully saturated rings. The molecule has 0 N–H and O–H groups in total. The highest BCUT2D eigenvalue weighted by Gasteiger charge is 2.29. The maximum Gasteiger partial charge on any atom is 0.255 e. The lowest BCUT2D eigenvalue weighted by molar-refractivity contribution is -0.0387. The first kappa shape index (κ1) is 14.3. The zero-order chi connectivity index (χ0) is 14.0. The van der Waals surface area contributed by atoms with E-state index in [9.17, 15) is 4.79 Å². The number of hydrogen-bond donors (Lipinski definition) is 0. The van der Waals surface area contributed by atoms with Crippen molar-refractivity contribution in [3.8, 4) is 5.75 Å². The molecule has 2 atom stereocenters. The first-order chi connectivity index (χ1) is 9.02. The van der Waals surface area contributed by atoms with E-state index in [0.29, 0.717) is 24.5 Å². The molecule has 1 aromatic carbocycles. The van der Waals surface area contributed by atoms with E-state index in [1.807, 2.05) is 30.9 Å². The number of nitrogens with zero attached hydrogens (tertiary/aromatic N) is 1. The van der Waals surface area contributed by atoms with Gasteiger partial charge in [0.05, 0.1) is 31.4 Å². The number of carbonyl (C=O) groups is 1. The molecule has 2 rings (SSSR count). The van der Waals surface area contributed by atoms with Gasteiger partial charge in [-0.2, -0.15) is 0 Å². The minimum atomic E-state index is 0.00780. The Hall–Kier alpha value is -1.07. The molecule has 0 aliphatic carbocycles. The predicted molar refractivity (Wildman–Crippen MR) is 76.6 cm³/mol. The molecule has 0 radical (unpaired) electrons. The lowest BCUT2D eigenvalue weighted by Crippen LogP contribution is -2.50. The molecule has 4 nitrogen and oxygen atoms in total. The maximum absolute atomic E-state index is 12.6. The van der Waals surface area contributed by atoms with Crippen LogP contribution in [-0.4, -0.2) is 43.2 Å². The molecule has 1 saturated heterocycles. The van der Waals surface area contributed by atoms with E-state index in [1.165, 1.54) is 0 Å². The van der Waals surface area contributed by atoms with Crippen molar-refractivity contribution in [2.75, 3.05) is 20.3 Å². The van der Waals surface area contributed by atoms with Gasteiger partial charge >= 0.3 is 0 Å². The van der Waals surface area contributed by atoms with Crippen LogP contribution in [0.15, 0.2) is 22.7 Å². The van der Waals surface area contributed by atoms with Gasteiger partial charge < -0.3 is 14.4 Å². The molecule has 1 amide bonds. The third-order valence-electron chi connectivity index (χ3n) is 3.27. The second-order valence-electron chi connectivity index (χ2n) is 4.80. The van der Waals surface area contributed by atoms with Crippen LogP contribution in [0.25, 0.3) is 0 Å². The third-order valence-corrected chi connectivity index (χ3v) is 3.96. The Morgan fingerprint density at radius 2 is 2.21 bits per heavy atom. The van der Waals surface area contributed by atoms with Crippen molar-refractivity contribution >= 4 is 21.8 Å². The molecule has 5 heteroatoms. The predicted octanol–water partition coefficient (Wildman–Crippen LogP) is 2.71. The first-order valence-electron chi connectivity index (χ1n) is 6.29. The summed E-state index contributed by atoms with van der Waals surface area (Å²) in [7, 11) is 1.59. The van der Waals surface area contributed by atoms with E-state index < -0.39 is 0 Å². The topological polar surface area (TPSA) is 38.8 Å². The van der Waals surface area contributed by atoms with Crippen molar-refractivity contribution in [2.45, 2.75) is 26.0 Å². The summed E-state index contributed by atoms with van der Waals surface area (Å²) in [5, 5.41) is 0. The zero-order valence-corrected chi connectivity index (χ0v) is 12.9. The first-order valence-corrected chi connectivity index (χ1v) is 7.08. The third kappa shape index (κ3) is 3.09. The van der Waals surface area contributed by atoms with Crippen molar-refractivity contribution in [3.05, 3.63) is 28.2 Å². The van der Waals surface area contributed by atoms with Crippen LogP contribution in [0, 0.1) is 0 Å². The molecule has 104 valence electrons. The second-order valence-corrected chi connectivity index (χ2v) is 5.65. The summed E-state index contributed by atoms with van der Waals surface area (Å²) in [6.07, 6.45) is 0.0736. The Balaban J connectivity index is 2.27. The minimum Gasteiger partial charge on any atom is -0.497 e. The molecule has 1 aliphatic heterocycles. The number of halogens is 1. The highest BCUT2D eigenvalue weighted by molar-refractivity contribution is 9.10. The van der Waals surface area contributed by atoms with Gasteiger partial charge in [0.2, 0.25) is 0 Å². The number of amides is 1.